The van der Waals surface area contributed by atoms with Gasteiger partial charge in [0.05, 0.1) is 11.9 Å². The van der Waals surface area contributed by atoms with Crippen molar-refractivity contribution in [3.05, 3.63) is 0 Å². The number of amidine groups is 1. The van der Waals surface area contributed by atoms with Crippen molar-refractivity contribution >= 4 is 5.84 Å². The molecule has 0 aromatic heterocycles. The van der Waals surface area contributed by atoms with E-state index in [1.54, 1.807) is 0 Å². The van der Waals surface area contributed by atoms with Gasteiger partial charge in [0.1, 0.15) is 0 Å². The number of aliphatic imine (C=N–C) groups is 1. The minimum absolute atomic E-state index is 0.336. The normalized spacial score (nSPS) is 15.4. The average molecular weight is 213 g/mol. The van der Waals surface area contributed by atoms with E-state index in [9.17, 15) is 0 Å². The smallest absolute Gasteiger partial charge is 0.0966 e. The van der Waals surface area contributed by atoms with Crippen LogP contribution in [0.3, 0.4) is 0 Å². The molecule has 1 unspecified atom stereocenters. The first-order valence-corrected chi connectivity index (χ1v) is 5.80. The summed E-state index contributed by atoms with van der Waals surface area (Å²) in [6, 6.07) is 0.336. The predicted octanol–water partition coefficient (Wildman–Crippen LogP) is 1.98. The molecular weight excluding hydrogens is 186 g/mol. The zero-order chi connectivity index (χ0) is 12.0. The molecule has 15 heavy (non-hydrogen) atoms. The molecule has 0 bridgehead atoms. The Morgan fingerprint density at radius 1 is 1.20 bits per heavy atom. The summed E-state index contributed by atoms with van der Waals surface area (Å²) in [7, 11) is 4.16. The summed E-state index contributed by atoms with van der Waals surface area (Å²) in [6.45, 7) is 9.60. The van der Waals surface area contributed by atoms with E-state index in [1.165, 1.54) is 0 Å². The highest BCUT2D eigenvalue weighted by Crippen LogP contribution is 2.10. The van der Waals surface area contributed by atoms with Crippen molar-refractivity contribution in [2.24, 2.45) is 22.6 Å². The number of hydrogen-bond acceptors (Lipinski definition) is 2. The Bertz CT molecular complexity index is 185. The van der Waals surface area contributed by atoms with Gasteiger partial charge in [-0.2, -0.15) is 0 Å². The quantitative estimate of drug-likeness (QED) is 0.541. The van der Waals surface area contributed by atoms with Gasteiger partial charge in [-0.3, -0.25) is 4.99 Å². The fourth-order valence-electron chi connectivity index (χ4n) is 1.49. The number of likely N-dealkylation sites (N-methyl/N-ethyl adjacent to an activating group) is 1. The van der Waals surface area contributed by atoms with Crippen LogP contribution >= 0.6 is 0 Å². The van der Waals surface area contributed by atoms with Gasteiger partial charge >= 0.3 is 0 Å². The standard InChI is InChI=1S/C12H27N3/c1-9(2)7-11(8-15(5)6)14-12(13)10(3)4/h9-11H,7-8H2,1-6H3,(H2,13,14). The van der Waals surface area contributed by atoms with E-state index in [4.69, 9.17) is 5.73 Å². The second kappa shape index (κ2) is 6.83. The molecule has 0 aromatic carbocycles. The van der Waals surface area contributed by atoms with Crippen LogP contribution in [-0.4, -0.2) is 37.4 Å². The van der Waals surface area contributed by atoms with Gasteiger partial charge in [-0.05, 0) is 26.4 Å². The van der Waals surface area contributed by atoms with Crippen LogP contribution in [0.4, 0.5) is 0 Å². The lowest BCUT2D eigenvalue weighted by Crippen LogP contribution is -2.30. The second-order valence-electron chi connectivity index (χ2n) is 5.25. The molecule has 0 rings (SSSR count). The van der Waals surface area contributed by atoms with E-state index in [0.717, 1.165) is 18.8 Å². The second-order valence-corrected chi connectivity index (χ2v) is 5.25. The van der Waals surface area contributed by atoms with Gasteiger partial charge in [0.15, 0.2) is 0 Å². The summed E-state index contributed by atoms with van der Waals surface area (Å²) in [4.78, 5) is 6.78. The summed E-state index contributed by atoms with van der Waals surface area (Å²) in [6.07, 6.45) is 1.10. The number of nitrogens with zero attached hydrogens (tertiary/aromatic N) is 2. The lowest BCUT2D eigenvalue weighted by Gasteiger charge is -2.20. The first kappa shape index (κ1) is 14.4. The molecule has 3 nitrogen and oxygen atoms in total. The maximum Gasteiger partial charge on any atom is 0.0966 e. The molecular formula is C12H27N3. The van der Waals surface area contributed by atoms with Crippen molar-refractivity contribution in [1.29, 1.82) is 0 Å². The molecule has 0 aliphatic carbocycles. The molecule has 90 valence electrons. The van der Waals surface area contributed by atoms with Gasteiger partial charge in [0.25, 0.3) is 0 Å². The van der Waals surface area contributed by atoms with Crippen molar-refractivity contribution in [2.75, 3.05) is 20.6 Å². The molecule has 0 aromatic rings. The molecule has 1 atom stereocenters. The third-order valence-corrected chi connectivity index (χ3v) is 2.24. The van der Waals surface area contributed by atoms with E-state index in [2.05, 4.69) is 51.7 Å². The lowest BCUT2D eigenvalue weighted by molar-refractivity contribution is 0.344. The molecule has 0 aliphatic heterocycles. The summed E-state index contributed by atoms with van der Waals surface area (Å²) in [5.41, 5.74) is 5.90. The third-order valence-electron chi connectivity index (χ3n) is 2.24. The molecule has 0 saturated carbocycles. The van der Waals surface area contributed by atoms with Crippen LogP contribution in [0.1, 0.15) is 34.1 Å². The van der Waals surface area contributed by atoms with Crippen LogP contribution in [0.2, 0.25) is 0 Å². The summed E-state index contributed by atoms with van der Waals surface area (Å²) in [5, 5.41) is 0. The molecule has 0 amide bonds. The zero-order valence-electron chi connectivity index (χ0n) is 11.1. The van der Waals surface area contributed by atoms with Crippen molar-refractivity contribution in [2.45, 2.75) is 40.2 Å². The Balaban J connectivity index is 4.42. The molecule has 0 fully saturated rings. The van der Waals surface area contributed by atoms with Gasteiger partial charge in [-0.15, -0.1) is 0 Å². The topological polar surface area (TPSA) is 41.6 Å². The Morgan fingerprint density at radius 2 is 1.73 bits per heavy atom. The highest BCUT2D eigenvalue weighted by Gasteiger charge is 2.12. The molecule has 3 heteroatoms. The fraction of sp³-hybridized carbons (Fsp3) is 0.917. The van der Waals surface area contributed by atoms with Crippen LogP contribution in [0.5, 0.6) is 0 Å². The molecule has 0 aliphatic rings. The minimum atomic E-state index is 0.336. The zero-order valence-corrected chi connectivity index (χ0v) is 11.1. The van der Waals surface area contributed by atoms with Gasteiger partial charge < -0.3 is 10.6 Å². The summed E-state index contributed by atoms with van der Waals surface area (Å²) in [5.74, 6) is 1.79. The van der Waals surface area contributed by atoms with Crippen LogP contribution in [0.15, 0.2) is 4.99 Å². The van der Waals surface area contributed by atoms with Gasteiger partial charge in [-0.25, -0.2) is 0 Å². The maximum absolute atomic E-state index is 5.90. The van der Waals surface area contributed by atoms with Crippen LogP contribution in [-0.2, 0) is 0 Å². The highest BCUT2D eigenvalue weighted by atomic mass is 15.1. The fourth-order valence-corrected chi connectivity index (χ4v) is 1.49. The largest absolute Gasteiger partial charge is 0.387 e. The molecule has 0 heterocycles. The van der Waals surface area contributed by atoms with E-state index < -0.39 is 0 Å². The Morgan fingerprint density at radius 3 is 2.07 bits per heavy atom. The minimum Gasteiger partial charge on any atom is -0.387 e. The molecule has 0 saturated heterocycles. The number of rotatable bonds is 6. The average Bonchev–Trinajstić information content (AvgIpc) is 2.00. The van der Waals surface area contributed by atoms with Gasteiger partial charge in [0.2, 0.25) is 0 Å². The SMILES string of the molecule is CC(C)CC(CN(C)C)N=C(N)C(C)C. The maximum atomic E-state index is 5.90. The Labute approximate surface area is 94.7 Å². The van der Waals surface area contributed by atoms with E-state index in [1.807, 2.05) is 0 Å². The van der Waals surface area contributed by atoms with Crippen molar-refractivity contribution in [3.63, 3.8) is 0 Å². The van der Waals surface area contributed by atoms with Crippen LogP contribution < -0.4 is 5.73 Å². The van der Waals surface area contributed by atoms with Crippen molar-refractivity contribution < 1.29 is 0 Å². The molecule has 0 spiro atoms. The monoisotopic (exact) mass is 213 g/mol. The lowest BCUT2D eigenvalue weighted by atomic mass is 10.0. The van der Waals surface area contributed by atoms with Crippen LogP contribution in [0, 0.1) is 11.8 Å². The summed E-state index contributed by atoms with van der Waals surface area (Å²) >= 11 is 0. The van der Waals surface area contributed by atoms with Gasteiger partial charge in [0, 0.05) is 12.5 Å². The third kappa shape index (κ3) is 7.37. The van der Waals surface area contributed by atoms with Crippen molar-refractivity contribution in [3.8, 4) is 0 Å². The first-order chi connectivity index (χ1) is 6.82. The van der Waals surface area contributed by atoms with E-state index >= 15 is 0 Å². The van der Waals surface area contributed by atoms with E-state index in [0.29, 0.717) is 17.9 Å². The van der Waals surface area contributed by atoms with E-state index in [-0.39, 0.29) is 0 Å². The van der Waals surface area contributed by atoms with Crippen LogP contribution in [0.25, 0.3) is 0 Å². The first-order valence-electron chi connectivity index (χ1n) is 5.80. The predicted molar refractivity (Wildman–Crippen MR) is 68.3 cm³/mol. The van der Waals surface area contributed by atoms with Crippen molar-refractivity contribution in [1.82, 2.24) is 4.90 Å². The molecule has 2 N–H and O–H groups in total. The summed E-state index contributed by atoms with van der Waals surface area (Å²) < 4.78 is 0. The van der Waals surface area contributed by atoms with Gasteiger partial charge in [-0.1, -0.05) is 27.7 Å². The number of hydrogen-bond donors (Lipinski definition) is 1. The Kier molecular flexibility index (Phi) is 6.57. The Hall–Kier alpha value is -0.570. The highest BCUT2D eigenvalue weighted by molar-refractivity contribution is 5.82. The number of nitrogens with two attached hydrogens (primary N) is 1. The molecule has 0 radical (unpaired) electrons.